The number of allylic oxidation sites excluding steroid dienone is 2. The van der Waals surface area contributed by atoms with Crippen LogP contribution in [0.5, 0.6) is 0 Å². The first-order valence-corrected chi connectivity index (χ1v) is 5.25. The van der Waals surface area contributed by atoms with Crippen molar-refractivity contribution in [3.8, 4) is 0 Å². The lowest BCUT2D eigenvalue weighted by Crippen LogP contribution is -2.44. The van der Waals surface area contributed by atoms with Crippen molar-refractivity contribution in [3.05, 3.63) is 59.6 Å². The predicted molar refractivity (Wildman–Crippen MR) is 63.3 cm³/mol. The van der Waals surface area contributed by atoms with E-state index in [-0.39, 0.29) is 5.82 Å². The standard InChI is InChI=1S/C13H13FN2O/c1-13(9-4-6-10(14)7-5-9)11(12(15)17)3-2-8-16-13/h2-8,16H,1H3,(H2,15,17). The molecule has 1 aromatic carbocycles. The first-order valence-electron chi connectivity index (χ1n) is 5.25. The van der Waals surface area contributed by atoms with E-state index >= 15 is 0 Å². The molecule has 1 unspecified atom stereocenters. The van der Waals surface area contributed by atoms with E-state index in [1.54, 1.807) is 30.5 Å². The minimum Gasteiger partial charge on any atom is -0.378 e. The molecule has 88 valence electrons. The summed E-state index contributed by atoms with van der Waals surface area (Å²) < 4.78 is 12.9. The van der Waals surface area contributed by atoms with Gasteiger partial charge in [0.1, 0.15) is 5.82 Å². The summed E-state index contributed by atoms with van der Waals surface area (Å²) in [6.45, 7) is 1.83. The molecule has 17 heavy (non-hydrogen) atoms. The molecule has 1 aliphatic rings. The van der Waals surface area contributed by atoms with E-state index in [4.69, 9.17) is 5.73 Å². The van der Waals surface area contributed by atoms with Crippen molar-refractivity contribution >= 4 is 5.91 Å². The fourth-order valence-corrected chi connectivity index (χ4v) is 1.95. The van der Waals surface area contributed by atoms with Crippen LogP contribution in [-0.4, -0.2) is 5.91 Å². The minimum absolute atomic E-state index is 0.312. The number of nitrogens with one attached hydrogen (secondary N) is 1. The van der Waals surface area contributed by atoms with E-state index in [0.717, 1.165) is 5.56 Å². The number of dihydropyridines is 1. The Labute approximate surface area is 98.8 Å². The Morgan fingerprint density at radius 2 is 2.00 bits per heavy atom. The van der Waals surface area contributed by atoms with Crippen LogP contribution in [0.2, 0.25) is 0 Å². The molecule has 1 amide bonds. The van der Waals surface area contributed by atoms with Gasteiger partial charge in [-0.3, -0.25) is 4.79 Å². The Balaban J connectivity index is 2.48. The van der Waals surface area contributed by atoms with Crippen LogP contribution in [0.1, 0.15) is 12.5 Å². The van der Waals surface area contributed by atoms with Crippen molar-refractivity contribution in [2.24, 2.45) is 5.73 Å². The summed E-state index contributed by atoms with van der Waals surface area (Å²) in [6, 6.07) is 5.99. The molecule has 1 aliphatic heterocycles. The van der Waals surface area contributed by atoms with Gasteiger partial charge in [0, 0.05) is 5.57 Å². The molecule has 0 spiro atoms. The number of hydrogen-bond donors (Lipinski definition) is 2. The van der Waals surface area contributed by atoms with Crippen molar-refractivity contribution in [1.82, 2.24) is 5.32 Å². The SMILES string of the molecule is CC1(c2ccc(F)cc2)NC=CC=C1C(N)=O. The van der Waals surface area contributed by atoms with E-state index in [0.29, 0.717) is 5.57 Å². The third-order valence-corrected chi connectivity index (χ3v) is 2.96. The number of carbonyl (C=O) groups excluding carboxylic acids is 1. The molecule has 3 N–H and O–H groups in total. The van der Waals surface area contributed by atoms with Crippen molar-refractivity contribution in [2.45, 2.75) is 12.5 Å². The number of nitrogens with two attached hydrogens (primary N) is 1. The molecule has 0 fully saturated rings. The van der Waals surface area contributed by atoms with Crippen molar-refractivity contribution in [2.75, 3.05) is 0 Å². The van der Waals surface area contributed by atoms with Crippen LogP contribution < -0.4 is 11.1 Å². The molecule has 0 aliphatic carbocycles. The second-order valence-corrected chi connectivity index (χ2v) is 4.08. The second kappa shape index (κ2) is 4.05. The van der Waals surface area contributed by atoms with Crippen LogP contribution in [0.15, 0.2) is 48.2 Å². The monoisotopic (exact) mass is 232 g/mol. The van der Waals surface area contributed by atoms with Gasteiger partial charge in [-0.15, -0.1) is 0 Å². The summed E-state index contributed by atoms with van der Waals surface area (Å²) in [5, 5.41) is 3.09. The molecular weight excluding hydrogens is 219 g/mol. The topological polar surface area (TPSA) is 55.1 Å². The summed E-state index contributed by atoms with van der Waals surface area (Å²) in [4.78, 5) is 11.4. The summed E-state index contributed by atoms with van der Waals surface area (Å²) in [7, 11) is 0. The third kappa shape index (κ3) is 1.93. The molecule has 3 nitrogen and oxygen atoms in total. The van der Waals surface area contributed by atoms with Crippen LogP contribution in [0, 0.1) is 5.82 Å². The molecule has 0 bridgehead atoms. The average molecular weight is 232 g/mol. The fourth-order valence-electron chi connectivity index (χ4n) is 1.95. The molecule has 1 aromatic rings. The average Bonchev–Trinajstić information content (AvgIpc) is 2.29. The first kappa shape index (κ1) is 11.4. The maximum atomic E-state index is 12.9. The van der Waals surface area contributed by atoms with E-state index in [1.807, 2.05) is 6.92 Å². The molecule has 0 aromatic heterocycles. The van der Waals surface area contributed by atoms with Gasteiger partial charge in [0.25, 0.3) is 0 Å². The lowest BCUT2D eigenvalue weighted by molar-refractivity contribution is -0.115. The molecule has 0 radical (unpaired) electrons. The Bertz CT molecular complexity index is 505. The molecule has 4 heteroatoms. The lowest BCUT2D eigenvalue weighted by atomic mass is 9.82. The van der Waals surface area contributed by atoms with Gasteiger partial charge in [-0.2, -0.15) is 0 Å². The van der Waals surface area contributed by atoms with Gasteiger partial charge in [-0.05, 0) is 43.0 Å². The molecule has 0 saturated carbocycles. The van der Waals surface area contributed by atoms with Gasteiger partial charge in [0.05, 0.1) is 5.54 Å². The normalized spacial score (nSPS) is 22.8. The van der Waals surface area contributed by atoms with Gasteiger partial charge in [-0.25, -0.2) is 4.39 Å². The smallest absolute Gasteiger partial charge is 0.247 e. The zero-order valence-corrected chi connectivity index (χ0v) is 9.41. The van der Waals surface area contributed by atoms with Crippen LogP contribution in [0.4, 0.5) is 4.39 Å². The number of hydrogen-bond acceptors (Lipinski definition) is 2. The van der Waals surface area contributed by atoms with Crippen LogP contribution >= 0.6 is 0 Å². The number of benzene rings is 1. The number of halogens is 1. The number of primary amides is 1. The van der Waals surface area contributed by atoms with Crippen molar-refractivity contribution in [1.29, 1.82) is 0 Å². The maximum absolute atomic E-state index is 12.9. The quantitative estimate of drug-likeness (QED) is 0.813. The van der Waals surface area contributed by atoms with Gasteiger partial charge in [-0.1, -0.05) is 12.1 Å². The number of carbonyl (C=O) groups is 1. The van der Waals surface area contributed by atoms with Gasteiger partial charge >= 0.3 is 0 Å². The van der Waals surface area contributed by atoms with Gasteiger partial charge in [0.2, 0.25) is 5.91 Å². The highest BCUT2D eigenvalue weighted by Crippen LogP contribution is 2.31. The summed E-state index contributed by atoms with van der Waals surface area (Å²) in [5.74, 6) is -0.804. The molecule has 2 rings (SSSR count). The second-order valence-electron chi connectivity index (χ2n) is 4.08. The summed E-state index contributed by atoms with van der Waals surface area (Å²) >= 11 is 0. The fraction of sp³-hybridized carbons (Fsp3) is 0.154. The largest absolute Gasteiger partial charge is 0.378 e. The van der Waals surface area contributed by atoms with Crippen molar-refractivity contribution < 1.29 is 9.18 Å². The highest BCUT2D eigenvalue weighted by atomic mass is 19.1. The molecule has 1 atom stereocenters. The molecular formula is C13H13FN2O. The Kier molecular flexibility index (Phi) is 2.71. The highest BCUT2D eigenvalue weighted by molar-refractivity contribution is 5.95. The first-order chi connectivity index (χ1) is 8.04. The summed E-state index contributed by atoms with van der Waals surface area (Å²) in [5.41, 5.74) is 5.88. The van der Waals surface area contributed by atoms with E-state index in [1.165, 1.54) is 12.1 Å². The van der Waals surface area contributed by atoms with Crippen LogP contribution in [-0.2, 0) is 10.3 Å². The van der Waals surface area contributed by atoms with Gasteiger partial charge in [0.15, 0.2) is 0 Å². The zero-order valence-electron chi connectivity index (χ0n) is 9.41. The Hall–Kier alpha value is -2.10. The molecule has 0 saturated heterocycles. The Morgan fingerprint density at radius 1 is 1.35 bits per heavy atom. The summed E-state index contributed by atoms with van der Waals surface area (Å²) in [6.07, 6.45) is 5.11. The number of rotatable bonds is 2. The van der Waals surface area contributed by atoms with Gasteiger partial charge < -0.3 is 11.1 Å². The van der Waals surface area contributed by atoms with E-state index in [9.17, 15) is 9.18 Å². The minimum atomic E-state index is -0.714. The molecule has 1 heterocycles. The maximum Gasteiger partial charge on any atom is 0.247 e. The predicted octanol–water partition coefficient (Wildman–Crippen LogP) is 1.57. The Morgan fingerprint density at radius 3 is 2.59 bits per heavy atom. The van der Waals surface area contributed by atoms with E-state index in [2.05, 4.69) is 5.32 Å². The zero-order chi connectivity index (χ0) is 12.5. The van der Waals surface area contributed by atoms with Crippen molar-refractivity contribution in [3.63, 3.8) is 0 Å². The number of amides is 1. The highest BCUT2D eigenvalue weighted by Gasteiger charge is 2.34. The third-order valence-electron chi connectivity index (χ3n) is 2.96. The van der Waals surface area contributed by atoms with E-state index < -0.39 is 11.4 Å². The van der Waals surface area contributed by atoms with Crippen LogP contribution in [0.25, 0.3) is 0 Å². The lowest BCUT2D eigenvalue weighted by Gasteiger charge is -2.34. The van der Waals surface area contributed by atoms with Crippen LogP contribution in [0.3, 0.4) is 0 Å².